The highest BCUT2D eigenvalue weighted by Crippen LogP contribution is 2.31. The van der Waals surface area contributed by atoms with Gasteiger partial charge in [-0.2, -0.15) is 4.98 Å². The van der Waals surface area contributed by atoms with Crippen LogP contribution >= 0.6 is 11.3 Å². The fourth-order valence-electron chi connectivity index (χ4n) is 2.68. The summed E-state index contributed by atoms with van der Waals surface area (Å²) in [6.07, 6.45) is 3.33. The molecule has 3 heterocycles. The van der Waals surface area contributed by atoms with Crippen LogP contribution in [0.2, 0.25) is 0 Å². The molecule has 3 rings (SSSR count). The topological polar surface area (TPSA) is 128 Å². The maximum Gasteiger partial charge on any atom is 0.311 e. The molecule has 0 amide bonds. The Balaban J connectivity index is 2.08. The number of hydrogen-bond acceptors (Lipinski definition) is 7. The van der Waals surface area contributed by atoms with Crippen molar-refractivity contribution in [2.75, 3.05) is 0 Å². The summed E-state index contributed by atoms with van der Waals surface area (Å²) in [4.78, 5) is 30.6. The van der Waals surface area contributed by atoms with E-state index >= 15 is 0 Å². The molecule has 1 fully saturated rings. The third kappa shape index (κ3) is 2.55. The van der Waals surface area contributed by atoms with Gasteiger partial charge in [-0.15, -0.1) is 0 Å². The summed E-state index contributed by atoms with van der Waals surface area (Å²) < 4.78 is 7.60. The molecule has 0 radical (unpaired) electrons. The fraction of sp³-hybridized carbons (Fsp3) is 0.583. The zero-order chi connectivity index (χ0) is 15.7. The van der Waals surface area contributed by atoms with Crippen molar-refractivity contribution in [3.05, 3.63) is 20.0 Å². The Morgan fingerprint density at radius 3 is 3.05 bits per heavy atom. The number of nitrogens with two attached hydrogens (primary N) is 1. The van der Waals surface area contributed by atoms with Crippen molar-refractivity contribution in [2.24, 2.45) is 16.2 Å². The van der Waals surface area contributed by atoms with E-state index in [9.17, 15) is 9.59 Å². The second kappa shape index (κ2) is 5.97. The number of rotatable bonds is 4. The third-order valence-electron chi connectivity index (χ3n) is 3.60. The highest BCUT2D eigenvalue weighted by atomic mass is 32.1. The molecule has 1 saturated heterocycles. The van der Waals surface area contributed by atoms with E-state index in [2.05, 4.69) is 27.2 Å². The van der Waals surface area contributed by atoms with Gasteiger partial charge >= 0.3 is 4.87 Å². The second-order valence-electron chi connectivity index (χ2n) is 5.07. The molecular weight excluding hydrogens is 308 g/mol. The minimum Gasteiger partial charge on any atom is -0.355 e. The molecule has 0 bridgehead atoms. The molecule has 0 aliphatic carbocycles. The predicted octanol–water partition coefficient (Wildman–Crippen LogP) is 1.58. The molecule has 118 valence electrons. The summed E-state index contributed by atoms with van der Waals surface area (Å²) in [7, 11) is 0. The van der Waals surface area contributed by atoms with Crippen molar-refractivity contribution in [1.82, 2.24) is 14.5 Å². The van der Waals surface area contributed by atoms with E-state index in [1.54, 1.807) is 0 Å². The Kier molecular flexibility index (Phi) is 4.03. The number of aromatic nitrogens is 3. The summed E-state index contributed by atoms with van der Waals surface area (Å²) >= 11 is 0.851. The Morgan fingerprint density at radius 2 is 2.32 bits per heavy atom. The van der Waals surface area contributed by atoms with Crippen LogP contribution in [0.3, 0.4) is 0 Å². The fourth-order valence-corrected chi connectivity index (χ4v) is 3.54. The van der Waals surface area contributed by atoms with Crippen LogP contribution in [-0.2, 0) is 4.74 Å². The van der Waals surface area contributed by atoms with Crippen LogP contribution in [0.1, 0.15) is 38.8 Å². The molecule has 1 aliphatic heterocycles. The molecule has 2 aromatic heterocycles. The first kappa shape index (κ1) is 14.9. The van der Waals surface area contributed by atoms with E-state index in [-0.39, 0.29) is 27.3 Å². The predicted molar refractivity (Wildman–Crippen MR) is 81.3 cm³/mol. The molecule has 0 spiro atoms. The molecule has 2 atom stereocenters. The van der Waals surface area contributed by atoms with E-state index in [4.69, 9.17) is 10.6 Å². The molecule has 9 nitrogen and oxygen atoms in total. The van der Waals surface area contributed by atoms with Crippen LogP contribution in [0.4, 0.5) is 5.95 Å². The van der Waals surface area contributed by atoms with Crippen LogP contribution < -0.4 is 16.3 Å². The van der Waals surface area contributed by atoms with Gasteiger partial charge in [-0.05, 0) is 19.3 Å². The Hall–Kier alpha value is -2.07. The Bertz CT molecular complexity index is 822. The van der Waals surface area contributed by atoms with Crippen LogP contribution in [0, 0.1) is 0 Å². The van der Waals surface area contributed by atoms with Gasteiger partial charge in [0.25, 0.3) is 11.5 Å². The molecule has 1 aliphatic rings. The normalized spacial score (nSPS) is 22.0. The lowest BCUT2D eigenvalue weighted by atomic mass is 10.1. The number of nitrogens with zero attached hydrogens (tertiary/aromatic N) is 4. The van der Waals surface area contributed by atoms with Crippen molar-refractivity contribution in [1.29, 1.82) is 0 Å². The number of aromatic amines is 1. The van der Waals surface area contributed by atoms with E-state index in [0.29, 0.717) is 0 Å². The number of ether oxygens (including phenoxy) is 1. The van der Waals surface area contributed by atoms with E-state index in [0.717, 1.165) is 37.0 Å². The summed E-state index contributed by atoms with van der Waals surface area (Å²) in [6.45, 7) is 2.09. The molecule has 0 saturated carbocycles. The van der Waals surface area contributed by atoms with Crippen molar-refractivity contribution in [2.45, 2.75) is 44.9 Å². The van der Waals surface area contributed by atoms with Gasteiger partial charge in [0.15, 0.2) is 5.65 Å². The molecule has 0 unspecified atom stereocenters. The van der Waals surface area contributed by atoms with Crippen molar-refractivity contribution >= 4 is 27.6 Å². The van der Waals surface area contributed by atoms with E-state index in [1.165, 1.54) is 4.57 Å². The zero-order valence-electron chi connectivity index (χ0n) is 12.0. The molecular formula is C12H16N6O3S. The van der Waals surface area contributed by atoms with Crippen LogP contribution in [0.15, 0.2) is 19.9 Å². The highest BCUT2D eigenvalue weighted by Gasteiger charge is 2.29. The third-order valence-corrected chi connectivity index (χ3v) is 4.54. The SMILES string of the molecule is CCC[C@@H]1CC[C@H](n2c(=O)sc3c(=O)[nH]c(N=NN)nc32)O1. The van der Waals surface area contributed by atoms with Crippen LogP contribution in [-0.4, -0.2) is 20.6 Å². The van der Waals surface area contributed by atoms with Crippen LogP contribution in [0.25, 0.3) is 10.3 Å². The van der Waals surface area contributed by atoms with Gasteiger partial charge in [-0.3, -0.25) is 19.1 Å². The standard InChI is InChI=1S/C12H16N6O3S/c1-2-3-6-4-5-7(21-6)18-9-8(22-12(18)20)10(19)15-11(14-9)16-17-13/h6-7H,2-5H2,1H3,(H3,13,14,15,16,19)/t6-,7-/m1/s1. The molecule has 0 aromatic carbocycles. The lowest BCUT2D eigenvalue weighted by Crippen LogP contribution is -2.21. The summed E-state index contributed by atoms with van der Waals surface area (Å²) in [5.41, 5.74) is -0.167. The van der Waals surface area contributed by atoms with Gasteiger partial charge in [-0.1, -0.05) is 35.0 Å². The lowest BCUT2D eigenvalue weighted by molar-refractivity contribution is -0.000435. The number of thiazole rings is 1. The maximum absolute atomic E-state index is 12.2. The summed E-state index contributed by atoms with van der Waals surface area (Å²) in [6, 6.07) is 0. The van der Waals surface area contributed by atoms with Crippen LogP contribution in [0.5, 0.6) is 0 Å². The van der Waals surface area contributed by atoms with Crippen molar-refractivity contribution in [3.8, 4) is 0 Å². The first-order valence-corrected chi connectivity index (χ1v) is 7.87. The average Bonchev–Trinajstić information content (AvgIpc) is 3.04. The van der Waals surface area contributed by atoms with Crippen molar-refractivity contribution < 1.29 is 4.74 Å². The van der Waals surface area contributed by atoms with Gasteiger partial charge in [-0.25, -0.2) is 0 Å². The van der Waals surface area contributed by atoms with Gasteiger partial charge in [0.1, 0.15) is 10.9 Å². The van der Waals surface area contributed by atoms with Crippen molar-refractivity contribution in [3.63, 3.8) is 0 Å². The Labute approximate surface area is 128 Å². The Morgan fingerprint density at radius 1 is 1.50 bits per heavy atom. The average molecular weight is 324 g/mol. The highest BCUT2D eigenvalue weighted by molar-refractivity contribution is 7.16. The quantitative estimate of drug-likeness (QED) is 0.501. The van der Waals surface area contributed by atoms with Gasteiger partial charge < -0.3 is 10.6 Å². The number of fused-ring (bicyclic) bond motifs is 1. The maximum atomic E-state index is 12.2. The lowest BCUT2D eigenvalue weighted by Gasteiger charge is -2.14. The minimum absolute atomic E-state index is 0.0327. The summed E-state index contributed by atoms with van der Waals surface area (Å²) in [5.74, 6) is 4.94. The second-order valence-corrected chi connectivity index (χ2v) is 6.04. The smallest absolute Gasteiger partial charge is 0.311 e. The molecule has 2 aromatic rings. The monoisotopic (exact) mass is 324 g/mol. The van der Waals surface area contributed by atoms with Gasteiger partial charge in [0.2, 0.25) is 0 Å². The number of H-pyrrole nitrogens is 1. The van der Waals surface area contributed by atoms with Gasteiger partial charge in [0, 0.05) is 0 Å². The van der Waals surface area contributed by atoms with E-state index < -0.39 is 11.8 Å². The first-order chi connectivity index (χ1) is 10.6. The minimum atomic E-state index is -0.434. The zero-order valence-corrected chi connectivity index (χ0v) is 12.8. The molecule has 22 heavy (non-hydrogen) atoms. The number of nitrogens with one attached hydrogen (secondary N) is 1. The first-order valence-electron chi connectivity index (χ1n) is 7.05. The number of hydrogen-bond donors (Lipinski definition) is 2. The largest absolute Gasteiger partial charge is 0.355 e. The molecule has 3 N–H and O–H groups in total. The van der Waals surface area contributed by atoms with E-state index in [1.807, 2.05) is 0 Å². The van der Waals surface area contributed by atoms with Gasteiger partial charge in [0.05, 0.1) is 6.10 Å². The molecule has 10 heteroatoms. The summed E-state index contributed by atoms with van der Waals surface area (Å²) in [5, 5.41) is 6.62.